The minimum atomic E-state index is -0.247. The summed E-state index contributed by atoms with van der Waals surface area (Å²) in [4.78, 5) is 14.1. The molecule has 4 aliphatic rings. The first-order valence-corrected chi connectivity index (χ1v) is 5.54. The van der Waals surface area contributed by atoms with Gasteiger partial charge in [-0.05, 0) is 24.5 Å². The molecule has 3 nitrogen and oxygen atoms in total. The molecule has 5 rings (SSSR count). The van der Waals surface area contributed by atoms with Gasteiger partial charge in [-0.25, -0.2) is 0 Å². The third-order valence-corrected chi connectivity index (χ3v) is 4.38. The molecule has 1 aromatic carbocycles. The molecule has 1 aromatic rings. The maximum atomic E-state index is 12.2. The number of carbonyl (C=O) groups excluding carboxylic acids is 1. The second-order valence-electron chi connectivity index (χ2n) is 5.21. The number of hydrogen-bond donors (Lipinski definition) is 0. The Hall–Kier alpha value is -1.82. The van der Waals surface area contributed by atoms with Gasteiger partial charge in [-0.2, -0.15) is 5.26 Å². The van der Waals surface area contributed by atoms with E-state index in [1.807, 2.05) is 29.2 Å². The summed E-state index contributed by atoms with van der Waals surface area (Å²) in [7, 11) is 0. The van der Waals surface area contributed by atoms with Crippen molar-refractivity contribution in [2.45, 2.75) is 18.4 Å². The van der Waals surface area contributed by atoms with E-state index in [0.29, 0.717) is 6.54 Å². The number of nitrogens with zero attached hydrogens (tertiary/aromatic N) is 2. The van der Waals surface area contributed by atoms with E-state index in [9.17, 15) is 4.79 Å². The van der Waals surface area contributed by atoms with Crippen LogP contribution in [0.15, 0.2) is 24.3 Å². The highest BCUT2D eigenvalue weighted by atomic mass is 16.2. The lowest BCUT2D eigenvalue weighted by Gasteiger charge is -2.42. The first kappa shape index (κ1) is 8.35. The lowest BCUT2D eigenvalue weighted by molar-refractivity contribution is 0.0610. The number of carbonyl (C=O) groups is 1. The number of amides is 1. The maximum absolute atomic E-state index is 12.2. The van der Waals surface area contributed by atoms with Gasteiger partial charge in [0.05, 0.1) is 17.0 Å². The van der Waals surface area contributed by atoms with Crippen molar-refractivity contribution in [3.8, 4) is 6.07 Å². The third-order valence-electron chi connectivity index (χ3n) is 4.38. The number of fused-ring (bicyclic) bond motifs is 1. The number of rotatable bonds is 0. The van der Waals surface area contributed by atoms with Gasteiger partial charge in [0, 0.05) is 12.1 Å². The summed E-state index contributed by atoms with van der Waals surface area (Å²) in [5.41, 5.74) is 1.61. The van der Waals surface area contributed by atoms with Crippen molar-refractivity contribution < 1.29 is 4.79 Å². The Balaban J connectivity index is 1.95. The SMILES string of the molecule is N#CC12CN3C(=O)c4ccccc4C3(C1)C2. The molecule has 3 fully saturated rings. The van der Waals surface area contributed by atoms with Gasteiger partial charge in [-0.1, -0.05) is 18.2 Å². The Morgan fingerprint density at radius 3 is 2.81 bits per heavy atom. The number of benzene rings is 1. The third kappa shape index (κ3) is 0.629. The first-order chi connectivity index (χ1) is 7.71. The van der Waals surface area contributed by atoms with Crippen LogP contribution in [-0.2, 0) is 5.54 Å². The van der Waals surface area contributed by atoms with Crippen LogP contribution in [0.3, 0.4) is 0 Å². The summed E-state index contributed by atoms with van der Waals surface area (Å²) in [5.74, 6) is 0.116. The average molecular weight is 210 g/mol. The Kier molecular flexibility index (Phi) is 1.12. The fraction of sp³-hybridized carbons (Fsp3) is 0.385. The summed E-state index contributed by atoms with van der Waals surface area (Å²) >= 11 is 0. The highest BCUT2D eigenvalue weighted by Crippen LogP contribution is 2.67. The van der Waals surface area contributed by atoms with Crippen molar-refractivity contribution in [2.24, 2.45) is 5.41 Å². The van der Waals surface area contributed by atoms with Gasteiger partial charge >= 0.3 is 0 Å². The second-order valence-corrected chi connectivity index (χ2v) is 5.21. The zero-order valence-electron chi connectivity index (χ0n) is 8.73. The minimum absolute atomic E-state index is 0.116. The van der Waals surface area contributed by atoms with Gasteiger partial charge in [0.15, 0.2) is 0 Å². The predicted molar refractivity (Wildman–Crippen MR) is 56.4 cm³/mol. The molecule has 3 aliphatic heterocycles. The zero-order chi connectivity index (χ0) is 11.0. The molecule has 3 heterocycles. The second kappa shape index (κ2) is 2.15. The van der Waals surface area contributed by atoms with Crippen molar-refractivity contribution in [2.75, 3.05) is 6.54 Å². The van der Waals surface area contributed by atoms with Crippen molar-refractivity contribution in [3.63, 3.8) is 0 Å². The molecule has 0 N–H and O–H groups in total. The number of nitriles is 1. The Bertz CT molecular complexity index is 564. The molecule has 2 saturated heterocycles. The Morgan fingerprint density at radius 2 is 2.06 bits per heavy atom. The summed E-state index contributed by atoms with van der Waals surface area (Å²) in [6.45, 7) is 0.622. The molecular formula is C13H10N2O. The molecule has 0 atom stereocenters. The van der Waals surface area contributed by atoms with Crippen LogP contribution in [0, 0.1) is 16.7 Å². The van der Waals surface area contributed by atoms with Crippen molar-refractivity contribution in [1.82, 2.24) is 4.90 Å². The molecule has 3 heteroatoms. The van der Waals surface area contributed by atoms with Crippen molar-refractivity contribution in [3.05, 3.63) is 35.4 Å². The van der Waals surface area contributed by atoms with E-state index >= 15 is 0 Å². The van der Waals surface area contributed by atoms with E-state index in [4.69, 9.17) is 5.26 Å². The molecular weight excluding hydrogens is 200 g/mol. The van der Waals surface area contributed by atoms with Crippen LogP contribution >= 0.6 is 0 Å². The van der Waals surface area contributed by atoms with Crippen LogP contribution in [0.1, 0.15) is 28.8 Å². The van der Waals surface area contributed by atoms with Crippen LogP contribution in [-0.4, -0.2) is 17.4 Å². The fourth-order valence-corrected chi connectivity index (χ4v) is 3.76. The quantitative estimate of drug-likeness (QED) is 0.653. The number of hydrogen-bond acceptors (Lipinski definition) is 2. The van der Waals surface area contributed by atoms with Crippen LogP contribution in [0.2, 0.25) is 0 Å². The van der Waals surface area contributed by atoms with E-state index < -0.39 is 0 Å². The molecule has 1 spiro atoms. The lowest BCUT2D eigenvalue weighted by atomic mass is 9.60. The fourth-order valence-electron chi connectivity index (χ4n) is 3.76. The van der Waals surface area contributed by atoms with E-state index in [1.54, 1.807) is 0 Å². The van der Waals surface area contributed by atoms with Gasteiger partial charge in [-0.15, -0.1) is 0 Å². The Labute approximate surface area is 93.3 Å². The zero-order valence-corrected chi connectivity index (χ0v) is 8.73. The van der Waals surface area contributed by atoms with Gasteiger partial charge in [0.1, 0.15) is 0 Å². The van der Waals surface area contributed by atoms with E-state index in [1.165, 1.54) is 0 Å². The van der Waals surface area contributed by atoms with Crippen LogP contribution in [0.25, 0.3) is 0 Å². The summed E-state index contributed by atoms with van der Waals surface area (Å²) < 4.78 is 0. The topological polar surface area (TPSA) is 44.1 Å². The lowest BCUT2D eigenvalue weighted by Crippen LogP contribution is -2.43. The first-order valence-electron chi connectivity index (χ1n) is 5.54. The highest BCUT2D eigenvalue weighted by molar-refractivity contribution is 6.01. The summed E-state index contributed by atoms with van der Waals surface area (Å²) in [6.07, 6.45) is 1.67. The van der Waals surface area contributed by atoms with Gasteiger partial charge in [0.25, 0.3) is 5.91 Å². The minimum Gasteiger partial charge on any atom is -0.327 e. The monoisotopic (exact) mass is 210 g/mol. The van der Waals surface area contributed by atoms with Crippen LogP contribution in [0.4, 0.5) is 0 Å². The van der Waals surface area contributed by atoms with E-state index in [-0.39, 0.29) is 16.9 Å². The molecule has 2 bridgehead atoms. The molecule has 16 heavy (non-hydrogen) atoms. The molecule has 0 unspecified atom stereocenters. The van der Waals surface area contributed by atoms with Crippen LogP contribution < -0.4 is 0 Å². The van der Waals surface area contributed by atoms with E-state index in [2.05, 4.69) is 6.07 Å². The summed E-state index contributed by atoms with van der Waals surface area (Å²) in [5, 5.41) is 9.16. The smallest absolute Gasteiger partial charge is 0.255 e. The Morgan fingerprint density at radius 1 is 1.31 bits per heavy atom. The molecule has 1 amide bonds. The predicted octanol–water partition coefficient (Wildman–Crippen LogP) is 1.66. The molecule has 0 aromatic heterocycles. The maximum Gasteiger partial charge on any atom is 0.255 e. The van der Waals surface area contributed by atoms with Crippen molar-refractivity contribution >= 4 is 5.91 Å². The molecule has 1 aliphatic carbocycles. The molecule has 0 radical (unpaired) electrons. The van der Waals surface area contributed by atoms with Gasteiger partial charge < -0.3 is 4.90 Å². The van der Waals surface area contributed by atoms with Gasteiger partial charge in [0.2, 0.25) is 0 Å². The molecule has 1 saturated carbocycles. The van der Waals surface area contributed by atoms with E-state index in [0.717, 1.165) is 24.0 Å². The van der Waals surface area contributed by atoms with Crippen LogP contribution in [0.5, 0.6) is 0 Å². The summed E-state index contributed by atoms with van der Waals surface area (Å²) in [6, 6.07) is 10.2. The standard InChI is InChI=1S/C13H10N2O/c14-7-12-5-13(6-12)10-4-2-1-3-9(10)11(16)15(13)8-12/h1-4H,5-6,8H2. The van der Waals surface area contributed by atoms with Crippen molar-refractivity contribution in [1.29, 1.82) is 5.26 Å². The largest absolute Gasteiger partial charge is 0.327 e. The molecule has 78 valence electrons. The normalized spacial score (nSPS) is 37.7. The highest BCUT2D eigenvalue weighted by Gasteiger charge is 2.71. The average Bonchev–Trinajstić information content (AvgIpc) is 2.84. The van der Waals surface area contributed by atoms with Gasteiger partial charge in [-0.3, -0.25) is 4.79 Å².